The van der Waals surface area contributed by atoms with Crippen molar-refractivity contribution in [3.63, 3.8) is 0 Å². The van der Waals surface area contributed by atoms with Crippen LogP contribution in [0.3, 0.4) is 0 Å². The second-order valence-electron chi connectivity index (χ2n) is 4.31. The number of anilines is 1. The van der Waals surface area contributed by atoms with Gasteiger partial charge in [-0.3, -0.25) is 0 Å². The third kappa shape index (κ3) is 4.16. The van der Waals surface area contributed by atoms with Gasteiger partial charge in [-0.1, -0.05) is 12.1 Å². The van der Waals surface area contributed by atoms with E-state index in [0.29, 0.717) is 5.69 Å². The lowest BCUT2D eigenvalue weighted by Crippen LogP contribution is -2.11. The summed E-state index contributed by atoms with van der Waals surface area (Å²) in [6.45, 7) is 0. The van der Waals surface area contributed by atoms with Crippen LogP contribution in [0.2, 0.25) is 0 Å². The van der Waals surface area contributed by atoms with E-state index in [0.717, 1.165) is 0 Å². The Morgan fingerprint density at radius 2 is 1.74 bits per heavy atom. The van der Waals surface area contributed by atoms with Gasteiger partial charge in [-0.15, -0.1) is 0 Å². The van der Waals surface area contributed by atoms with Crippen molar-refractivity contribution < 1.29 is 13.9 Å². The Bertz CT molecular complexity index is 814. The van der Waals surface area contributed by atoms with Gasteiger partial charge in [0.25, 0.3) is 0 Å². The van der Waals surface area contributed by atoms with Crippen LogP contribution in [0, 0.1) is 28.5 Å². The van der Waals surface area contributed by atoms with Gasteiger partial charge in [-0.05, 0) is 36.4 Å². The molecule has 1 N–H and O–H groups in total. The Hall–Kier alpha value is -3.64. The summed E-state index contributed by atoms with van der Waals surface area (Å²) in [5.74, 6) is -0.877. The number of carbonyl (C=O) groups excluding carboxylic acids is 1. The van der Waals surface area contributed by atoms with Crippen LogP contribution >= 0.6 is 0 Å². The van der Waals surface area contributed by atoms with Crippen LogP contribution in [0.15, 0.2) is 60.3 Å². The number of nitrogens with zero attached hydrogens (tertiary/aromatic N) is 2. The molecule has 112 valence electrons. The molecule has 0 saturated carbocycles. The summed E-state index contributed by atoms with van der Waals surface area (Å²) in [5, 5.41) is 20.1. The number of hydrogen-bond acceptors (Lipinski definition) is 5. The highest BCUT2D eigenvalue weighted by Crippen LogP contribution is 2.19. The number of hydrogen-bond donors (Lipinski definition) is 1. The topological polar surface area (TPSA) is 85.9 Å². The normalized spacial score (nSPS) is 9.17. The van der Waals surface area contributed by atoms with E-state index in [9.17, 15) is 9.18 Å². The Balaban J connectivity index is 2.21. The third-order valence-corrected chi connectivity index (χ3v) is 2.78. The molecule has 0 atom stereocenters. The van der Waals surface area contributed by atoms with Gasteiger partial charge in [0.15, 0.2) is 0 Å². The number of carbonyl (C=O) groups is 1. The SMILES string of the molecule is N#CC(C#N)=CNc1ccccc1C(=O)Oc1ccc(F)cc1. The molecule has 0 aliphatic carbocycles. The molecule has 23 heavy (non-hydrogen) atoms. The molecule has 2 rings (SSSR count). The van der Waals surface area contributed by atoms with Gasteiger partial charge < -0.3 is 10.1 Å². The van der Waals surface area contributed by atoms with E-state index in [4.69, 9.17) is 15.3 Å². The molecule has 0 aromatic heterocycles. The monoisotopic (exact) mass is 307 g/mol. The van der Waals surface area contributed by atoms with Gasteiger partial charge in [-0.25, -0.2) is 9.18 Å². The summed E-state index contributed by atoms with van der Waals surface area (Å²) < 4.78 is 18.0. The van der Waals surface area contributed by atoms with Crippen molar-refractivity contribution in [2.75, 3.05) is 5.32 Å². The van der Waals surface area contributed by atoms with Crippen LogP contribution in [0.5, 0.6) is 5.75 Å². The zero-order chi connectivity index (χ0) is 16.7. The predicted octanol–water partition coefficient (Wildman–Crippen LogP) is 3.39. The Morgan fingerprint density at radius 1 is 1.09 bits per heavy atom. The molecule has 2 aromatic carbocycles. The number of nitrogens with one attached hydrogen (secondary N) is 1. The second-order valence-corrected chi connectivity index (χ2v) is 4.31. The van der Waals surface area contributed by atoms with E-state index < -0.39 is 11.8 Å². The molecule has 0 aliphatic rings. The minimum Gasteiger partial charge on any atom is -0.423 e. The van der Waals surface area contributed by atoms with E-state index in [1.807, 2.05) is 0 Å². The van der Waals surface area contributed by atoms with Crippen molar-refractivity contribution in [2.24, 2.45) is 0 Å². The minimum absolute atomic E-state index is 0.133. The van der Waals surface area contributed by atoms with Crippen LogP contribution in [0.4, 0.5) is 10.1 Å². The maximum atomic E-state index is 12.8. The van der Waals surface area contributed by atoms with E-state index in [-0.39, 0.29) is 16.9 Å². The summed E-state index contributed by atoms with van der Waals surface area (Å²) in [6.07, 6.45) is 1.20. The predicted molar refractivity (Wildman–Crippen MR) is 80.7 cm³/mol. The largest absolute Gasteiger partial charge is 0.423 e. The summed E-state index contributed by atoms with van der Waals surface area (Å²) in [6, 6.07) is 14.9. The molecule has 6 heteroatoms. The Kier molecular flexibility index (Phi) is 5.06. The van der Waals surface area contributed by atoms with Crippen molar-refractivity contribution in [3.05, 3.63) is 71.7 Å². The number of allylic oxidation sites excluding steroid dienone is 1. The molecule has 0 saturated heterocycles. The zero-order valence-electron chi connectivity index (χ0n) is 11.8. The highest BCUT2D eigenvalue weighted by Gasteiger charge is 2.13. The van der Waals surface area contributed by atoms with Crippen molar-refractivity contribution >= 4 is 11.7 Å². The first-order chi connectivity index (χ1) is 11.1. The Morgan fingerprint density at radius 3 is 2.39 bits per heavy atom. The highest BCUT2D eigenvalue weighted by molar-refractivity contribution is 5.97. The molecule has 0 fully saturated rings. The number of halogens is 1. The average molecular weight is 307 g/mol. The third-order valence-electron chi connectivity index (χ3n) is 2.78. The Labute approximate surface area is 131 Å². The number of ether oxygens (including phenoxy) is 1. The molecule has 5 nitrogen and oxygen atoms in total. The van der Waals surface area contributed by atoms with E-state index in [1.54, 1.807) is 30.3 Å². The van der Waals surface area contributed by atoms with Crippen LogP contribution in [0.1, 0.15) is 10.4 Å². The molecule has 0 spiro atoms. The maximum absolute atomic E-state index is 12.8. The number of rotatable bonds is 4. The molecule has 0 amide bonds. The molecule has 0 unspecified atom stereocenters. The summed E-state index contributed by atoms with van der Waals surface area (Å²) in [4.78, 5) is 12.2. The zero-order valence-corrected chi connectivity index (χ0v) is 11.8. The molecule has 0 radical (unpaired) electrons. The van der Waals surface area contributed by atoms with Crippen LogP contribution in [-0.4, -0.2) is 5.97 Å². The molecule has 0 bridgehead atoms. The first-order valence-electron chi connectivity index (χ1n) is 6.47. The molecular formula is C17H10FN3O2. The lowest BCUT2D eigenvalue weighted by Gasteiger charge is -2.09. The fraction of sp³-hybridized carbons (Fsp3) is 0. The summed E-state index contributed by atoms with van der Waals surface area (Å²) in [7, 11) is 0. The number of benzene rings is 2. The minimum atomic E-state index is -0.649. The molecule has 2 aromatic rings. The van der Waals surface area contributed by atoms with Crippen molar-refractivity contribution in [2.45, 2.75) is 0 Å². The summed E-state index contributed by atoms with van der Waals surface area (Å²) in [5.41, 5.74) is 0.456. The van der Waals surface area contributed by atoms with Crippen molar-refractivity contribution in [1.82, 2.24) is 0 Å². The van der Waals surface area contributed by atoms with Crippen LogP contribution < -0.4 is 10.1 Å². The second kappa shape index (κ2) is 7.39. The van der Waals surface area contributed by atoms with E-state index in [1.165, 1.54) is 36.5 Å². The standard InChI is InChI=1S/C17H10FN3O2/c18-13-5-7-14(8-6-13)23-17(22)15-3-1-2-4-16(15)21-11-12(9-19)10-20/h1-8,11,21H. The smallest absolute Gasteiger partial charge is 0.345 e. The van der Waals surface area contributed by atoms with E-state index >= 15 is 0 Å². The average Bonchev–Trinajstić information content (AvgIpc) is 2.58. The van der Waals surface area contributed by atoms with Gasteiger partial charge in [-0.2, -0.15) is 10.5 Å². The van der Waals surface area contributed by atoms with Gasteiger partial charge in [0.2, 0.25) is 0 Å². The lowest BCUT2D eigenvalue weighted by molar-refractivity contribution is 0.0735. The van der Waals surface area contributed by atoms with Crippen molar-refractivity contribution in [1.29, 1.82) is 10.5 Å². The fourth-order valence-corrected chi connectivity index (χ4v) is 1.69. The molecule has 0 heterocycles. The number of para-hydroxylation sites is 1. The quantitative estimate of drug-likeness (QED) is 0.531. The first-order valence-corrected chi connectivity index (χ1v) is 6.47. The van der Waals surface area contributed by atoms with Crippen molar-refractivity contribution in [3.8, 4) is 17.9 Å². The lowest BCUT2D eigenvalue weighted by atomic mass is 10.2. The van der Waals surface area contributed by atoms with Gasteiger partial charge >= 0.3 is 5.97 Å². The maximum Gasteiger partial charge on any atom is 0.345 e. The molecular weight excluding hydrogens is 297 g/mol. The molecule has 0 aliphatic heterocycles. The van der Waals surface area contributed by atoms with Crippen LogP contribution in [-0.2, 0) is 0 Å². The van der Waals surface area contributed by atoms with Gasteiger partial charge in [0, 0.05) is 6.20 Å². The van der Waals surface area contributed by atoms with Gasteiger partial charge in [0.05, 0.1) is 11.3 Å². The highest BCUT2D eigenvalue weighted by atomic mass is 19.1. The van der Waals surface area contributed by atoms with Gasteiger partial charge in [0.1, 0.15) is 29.3 Å². The van der Waals surface area contributed by atoms with Crippen LogP contribution in [0.25, 0.3) is 0 Å². The number of esters is 1. The fourth-order valence-electron chi connectivity index (χ4n) is 1.69. The summed E-state index contributed by atoms with van der Waals surface area (Å²) >= 11 is 0. The number of nitriles is 2. The first kappa shape index (κ1) is 15.7. The van der Waals surface area contributed by atoms with E-state index in [2.05, 4.69) is 5.32 Å².